The van der Waals surface area contributed by atoms with Crippen molar-refractivity contribution >= 4 is 10.0 Å². The van der Waals surface area contributed by atoms with Gasteiger partial charge < -0.3 is 0 Å². The Morgan fingerprint density at radius 3 is 2.43 bits per heavy atom. The average molecular weight is 299 g/mol. The van der Waals surface area contributed by atoms with Crippen molar-refractivity contribution in [3.8, 4) is 22.4 Å². The number of aromatic nitrogens is 2. The molecule has 0 fully saturated rings. The van der Waals surface area contributed by atoms with Crippen molar-refractivity contribution in [2.45, 2.75) is 4.90 Å². The summed E-state index contributed by atoms with van der Waals surface area (Å²) in [5.74, 6) is 0. The van der Waals surface area contributed by atoms with E-state index in [1.807, 2.05) is 30.3 Å². The summed E-state index contributed by atoms with van der Waals surface area (Å²) in [6.07, 6.45) is 1.67. The molecule has 0 bridgehead atoms. The molecule has 3 N–H and O–H groups in total. The molecule has 0 unspecified atom stereocenters. The molecule has 0 aliphatic carbocycles. The van der Waals surface area contributed by atoms with E-state index in [0.29, 0.717) is 5.56 Å². The Morgan fingerprint density at radius 1 is 0.952 bits per heavy atom. The molecule has 5 nitrogen and oxygen atoms in total. The van der Waals surface area contributed by atoms with Crippen molar-refractivity contribution in [1.29, 1.82) is 0 Å². The molecule has 21 heavy (non-hydrogen) atoms. The van der Waals surface area contributed by atoms with E-state index in [2.05, 4.69) is 10.2 Å². The van der Waals surface area contributed by atoms with Crippen LogP contribution in [0.2, 0.25) is 0 Å². The summed E-state index contributed by atoms with van der Waals surface area (Å²) in [6, 6.07) is 16.1. The molecular formula is C15H13N3O2S. The zero-order valence-corrected chi connectivity index (χ0v) is 11.8. The molecule has 0 saturated carbocycles. The minimum absolute atomic E-state index is 0.117. The number of sulfonamides is 1. The Balaban J connectivity index is 2.17. The maximum Gasteiger partial charge on any atom is 0.238 e. The Morgan fingerprint density at radius 2 is 1.71 bits per heavy atom. The molecule has 0 aliphatic rings. The second-order valence-corrected chi connectivity index (χ2v) is 6.12. The lowest BCUT2D eigenvalue weighted by molar-refractivity contribution is 0.598. The summed E-state index contributed by atoms with van der Waals surface area (Å²) in [4.78, 5) is 0.117. The first-order chi connectivity index (χ1) is 10.1. The minimum Gasteiger partial charge on any atom is -0.278 e. The number of hydrogen-bond acceptors (Lipinski definition) is 3. The monoisotopic (exact) mass is 299 g/mol. The zero-order chi connectivity index (χ0) is 14.9. The molecule has 0 aliphatic heterocycles. The highest BCUT2D eigenvalue weighted by atomic mass is 32.2. The fourth-order valence-electron chi connectivity index (χ4n) is 2.22. The van der Waals surface area contributed by atoms with Crippen LogP contribution in [0.15, 0.2) is 65.7 Å². The van der Waals surface area contributed by atoms with Crippen LogP contribution >= 0.6 is 0 Å². The molecule has 1 heterocycles. The van der Waals surface area contributed by atoms with E-state index in [9.17, 15) is 8.42 Å². The van der Waals surface area contributed by atoms with Gasteiger partial charge in [0.15, 0.2) is 0 Å². The lowest BCUT2D eigenvalue weighted by Crippen LogP contribution is -2.13. The fourth-order valence-corrected chi connectivity index (χ4v) is 2.98. The third-order valence-electron chi connectivity index (χ3n) is 3.18. The van der Waals surface area contributed by atoms with Gasteiger partial charge >= 0.3 is 0 Å². The summed E-state index contributed by atoms with van der Waals surface area (Å²) >= 11 is 0. The molecule has 2 aromatic carbocycles. The number of benzene rings is 2. The lowest BCUT2D eigenvalue weighted by Gasteiger charge is -2.09. The molecule has 3 aromatic rings. The molecular weight excluding hydrogens is 286 g/mol. The number of hydrogen-bond donors (Lipinski definition) is 2. The van der Waals surface area contributed by atoms with Crippen LogP contribution in [0.1, 0.15) is 0 Å². The van der Waals surface area contributed by atoms with Crippen LogP contribution in [0.5, 0.6) is 0 Å². The van der Waals surface area contributed by atoms with E-state index < -0.39 is 10.0 Å². The van der Waals surface area contributed by atoms with Crippen LogP contribution in [-0.2, 0) is 10.0 Å². The van der Waals surface area contributed by atoms with Crippen molar-refractivity contribution in [3.63, 3.8) is 0 Å². The van der Waals surface area contributed by atoms with E-state index in [0.717, 1.165) is 16.8 Å². The molecule has 0 amide bonds. The van der Waals surface area contributed by atoms with Crippen molar-refractivity contribution in [2.24, 2.45) is 5.14 Å². The Kier molecular flexibility index (Phi) is 3.32. The van der Waals surface area contributed by atoms with Gasteiger partial charge in [0, 0.05) is 17.3 Å². The molecule has 1 aromatic heterocycles. The second kappa shape index (κ2) is 5.16. The van der Waals surface area contributed by atoms with Gasteiger partial charge in [-0.2, -0.15) is 5.10 Å². The van der Waals surface area contributed by atoms with Gasteiger partial charge in [0.05, 0.1) is 10.6 Å². The second-order valence-electron chi connectivity index (χ2n) is 4.59. The van der Waals surface area contributed by atoms with Crippen molar-refractivity contribution in [1.82, 2.24) is 10.2 Å². The van der Waals surface area contributed by atoms with E-state index >= 15 is 0 Å². The first-order valence-corrected chi connectivity index (χ1v) is 7.82. The highest BCUT2D eigenvalue weighted by Crippen LogP contribution is 2.29. The molecule has 3 rings (SSSR count). The van der Waals surface area contributed by atoms with E-state index in [-0.39, 0.29) is 4.90 Å². The summed E-state index contributed by atoms with van der Waals surface area (Å²) in [7, 11) is -3.77. The normalized spacial score (nSPS) is 11.5. The molecule has 6 heteroatoms. The van der Waals surface area contributed by atoms with Gasteiger partial charge in [-0.1, -0.05) is 36.4 Å². The van der Waals surface area contributed by atoms with E-state index in [1.165, 1.54) is 6.07 Å². The van der Waals surface area contributed by atoms with E-state index in [4.69, 9.17) is 5.14 Å². The van der Waals surface area contributed by atoms with Gasteiger partial charge in [0.2, 0.25) is 10.0 Å². The number of aromatic amines is 1. The first kappa shape index (κ1) is 13.5. The van der Waals surface area contributed by atoms with Gasteiger partial charge in [-0.15, -0.1) is 0 Å². The van der Waals surface area contributed by atoms with Crippen LogP contribution in [0.25, 0.3) is 22.4 Å². The minimum atomic E-state index is -3.77. The Hall–Kier alpha value is -2.44. The molecule has 106 valence electrons. The van der Waals surface area contributed by atoms with Crippen LogP contribution in [-0.4, -0.2) is 18.6 Å². The maximum atomic E-state index is 11.7. The quantitative estimate of drug-likeness (QED) is 0.778. The number of nitrogens with zero attached hydrogens (tertiary/aromatic N) is 1. The molecule has 0 atom stereocenters. The third-order valence-corrected chi connectivity index (χ3v) is 4.15. The predicted octanol–water partition coefficient (Wildman–Crippen LogP) is 2.39. The molecule has 0 spiro atoms. The summed E-state index contributed by atoms with van der Waals surface area (Å²) < 4.78 is 23.4. The van der Waals surface area contributed by atoms with Crippen LogP contribution in [0.4, 0.5) is 0 Å². The molecule has 0 saturated heterocycles. The van der Waals surface area contributed by atoms with Gasteiger partial charge in [0.25, 0.3) is 0 Å². The van der Waals surface area contributed by atoms with Crippen molar-refractivity contribution < 1.29 is 8.42 Å². The first-order valence-electron chi connectivity index (χ1n) is 6.28. The van der Waals surface area contributed by atoms with Gasteiger partial charge in [0.1, 0.15) is 0 Å². The van der Waals surface area contributed by atoms with Crippen molar-refractivity contribution in [2.75, 3.05) is 0 Å². The number of rotatable bonds is 3. The topological polar surface area (TPSA) is 88.8 Å². The van der Waals surface area contributed by atoms with Gasteiger partial charge in [-0.05, 0) is 23.8 Å². The SMILES string of the molecule is NS(=O)(=O)c1ccccc1-c1cccc(-c2ccn[nH]2)c1. The van der Waals surface area contributed by atoms with Gasteiger partial charge in [-0.25, -0.2) is 13.6 Å². The average Bonchev–Trinajstić information content (AvgIpc) is 3.01. The predicted molar refractivity (Wildman–Crippen MR) is 80.8 cm³/mol. The van der Waals surface area contributed by atoms with E-state index in [1.54, 1.807) is 24.4 Å². The molecule has 0 radical (unpaired) electrons. The lowest BCUT2D eigenvalue weighted by atomic mass is 10.0. The van der Waals surface area contributed by atoms with Crippen LogP contribution in [0, 0.1) is 0 Å². The number of nitrogens with two attached hydrogens (primary N) is 1. The van der Waals surface area contributed by atoms with Gasteiger partial charge in [-0.3, -0.25) is 5.10 Å². The number of H-pyrrole nitrogens is 1. The summed E-state index contributed by atoms with van der Waals surface area (Å²) in [5, 5.41) is 12.1. The zero-order valence-electron chi connectivity index (χ0n) is 11.0. The smallest absolute Gasteiger partial charge is 0.238 e. The number of primary sulfonamides is 1. The standard InChI is InChI=1S/C15H13N3O2S/c16-21(19,20)15-7-2-1-6-13(15)11-4-3-5-12(10-11)14-8-9-17-18-14/h1-10H,(H,17,18)(H2,16,19,20). The fraction of sp³-hybridized carbons (Fsp3) is 0. The van der Waals surface area contributed by atoms with Crippen molar-refractivity contribution in [3.05, 3.63) is 60.8 Å². The number of nitrogens with one attached hydrogen (secondary N) is 1. The maximum absolute atomic E-state index is 11.7. The third kappa shape index (κ3) is 2.72. The summed E-state index contributed by atoms with van der Waals surface area (Å²) in [6.45, 7) is 0. The van der Waals surface area contributed by atoms with Crippen LogP contribution < -0.4 is 5.14 Å². The largest absolute Gasteiger partial charge is 0.278 e. The highest BCUT2D eigenvalue weighted by molar-refractivity contribution is 7.89. The van der Waals surface area contributed by atoms with Crippen LogP contribution in [0.3, 0.4) is 0 Å². The highest BCUT2D eigenvalue weighted by Gasteiger charge is 2.14. The summed E-state index contributed by atoms with van der Waals surface area (Å²) in [5.41, 5.74) is 3.16. The Labute approximate surface area is 122 Å². The Bertz CT molecular complexity index is 871.